The summed E-state index contributed by atoms with van der Waals surface area (Å²) in [5, 5.41) is 3.30. The zero-order chi connectivity index (χ0) is 22.8. The molecular weight excluding hydrogens is 414 g/mol. The summed E-state index contributed by atoms with van der Waals surface area (Å²) in [4.78, 5) is 33.8. The lowest BCUT2D eigenvalue weighted by Gasteiger charge is -2.08. The second-order valence-electron chi connectivity index (χ2n) is 7.66. The lowest BCUT2D eigenvalue weighted by Crippen LogP contribution is -2.16. The number of amides is 1. The molecule has 1 aromatic carbocycles. The van der Waals surface area contributed by atoms with Crippen LogP contribution in [0.2, 0.25) is 0 Å². The Kier molecular flexibility index (Phi) is 5.77. The SMILES string of the molecule is CC(C)n1cc(C(=O)c2ccnc(NC(=O)Cc3ccc(F)cc3F)c2)c2cnccc21. The van der Waals surface area contributed by atoms with Gasteiger partial charge < -0.3 is 9.88 Å². The molecule has 0 spiro atoms. The van der Waals surface area contributed by atoms with E-state index in [0.29, 0.717) is 11.1 Å². The number of carbonyl (C=O) groups excluding carboxylic acids is 2. The van der Waals surface area contributed by atoms with Gasteiger partial charge in [0.2, 0.25) is 5.91 Å². The molecule has 162 valence electrons. The number of hydrogen-bond acceptors (Lipinski definition) is 4. The van der Waals surface area contributed by atoms with Crippen LogP contribution in [0, 0.1) is 11.6 Å². The van der Waals surface area contributed by atoms with E-state index in [2.05, 4.69) is 15.3 Å². The first-order valence-corrected chi connectivity index (χ1v) is 10.0. The van der Waals surface area contributed by atoms with Crippen molar-refractivity contribution >= 4 is 28.4 Å². The summed E-state index contributed by atoms with van der Waals surface area (Å²) in [6.07, 6.45) is 6.26. The molecule has 0 radical (unpaired) electrons. The number of pyridine rings is 2. The molecule has 4 rings (SSSR count). The van der Waals surface area contributed by atoms with Gasteiger partial charge in [-0.15, -0.1) is 0 Å². The first kappa shape index (κ1) is 21.3. The normalized spacial score (nSPS) is 11.2. The fourth-order valence-corrected chi connectivity index (χ4v) is 3.53. The van der Waals surface area contributed by atoms with Crippen molar-refractivity contribution in [3.8, 4) is 0 Å². The first-order valence-electron chi connectivity index (χ1n) is 10.0. The molecule has 32 heavy (non-hydrogen) atoms. The molecular formula is C24H20F2N4O2. The molecule has 0 aliphatic heterocycles. The Morgan fingerprint density at radius 1 is 1.09 bits per heavy atom. The molecule has 0 fully saturated rings. The van der Waals surface area contributed by atoms with Crippen LogP contribution in [0.5, 0.6) is 0 Å². The number of rotatable bonds is 6. The number of aromatic nitrogens is 3. The average molecular weight is 434 g/mol. The van der Waals surface area contributed by atoms with Crippen molar-refractivity contribution in [2.24, 2.45) is 0 Å². The highest BCUT2D eigenvalue weighted by molar-refractivity contribution is 6.16. The third-order valence-corrected chi connectivity index (χ3v) is 5.09. The highest BCUT2D eigenvalue weighted by Gasteiger charge is 2.19. The van der Waals surface area contributed by atoms with Gasteiger partial charge in [-0.3, -0.25) is 14.6 Å². The highest BCUT2D eigenvalue weighted by atomic mass is 19.1. The topological polar surface area (TPSA) is 76.9 Å². The Bertz CT molecular complexity index is 1330. The van der Waals surface area contributed by atoms with Gasteiger partial charge in [-0.1, -0.05) is 6.07 Å². The van der Waals surface area contributed by atoms with E-state index in [4.69, 9.17) is 0 Å². The zero-order valence-corrected chi connectivity index (χ0v) is 17.5. The van der Waals surface area contributed by atoms with E-state index in [1.165, 1.54) is 18.3 Å². The fourth-order valence-electron chi connectivity index (χ4n) is 3.53. The van der Waals surface area contributed by atoms with Gasteiger partial charge in [0.25, 0.3) is 0 Å². The summed E-state index contributed by atoms with van der Waals surface area (Å²) in [6, 6.07) is 8.08. The number of hydrogen-bond donors (Lipinski definition) is 1. The highest BCUT2D eigenvalue weighted by Crippen LogP contribution is 2.26. The molecule has 1 amide bonds. The van der Waals surface area contributed by atoms with Crippen molar-refractivity contribution in [3.05, 3.63) is 89.5 Å². The van der Waals surface area contributed by atoms with Crippen molar-refractivity contribution in [1.29, 1.82) is 0 Å². The van der Waals surface area contributed by atoms with Gasteiger partial charge in [-0.05, 0) is 43.7 Å². The number of halogens is 2. The van der Waals surface area contributed by atoms with Crippen LogP contribution in [-0.4, -0.2) is 26.2 Å². The number of nitrogens with zero attached hydrogens (tertiary/aromatic N) is 3. The van der Waals surface area contributed by atoms with E-state index >= 15 is 0 Å². The van der Waals surface area contributed by atoms with E-state index in [0.717, 1.165) is 23.0 Å². The Balaban J connectivity index is 1.57. The number of nitrogens with one attached hydrogen (secondary N) is 1. The minimum absolute atomic E-state index is 0.0603. The molecule has 0 aliphatic rings. The van der Waals surface area contributed by atoms with Gasteiger partial charge in [-0.25, -0.2) is 13.8 Å². The van der Waals surface area contributed by atoms with Crippen molar-refractivity contribution in [2.75, 3.05) is 5.32 Å². The number of carbonyl (C=O) groups is 2. The summed E-state index contributed by atoms with van der Waals surface area (Å²) in [7, 11) is 0. The minimum atomic E-state index is -0.799. The molecule has 1 N–H and O–H groups in total. The van der Waals surface area contributed by atoms with Crippen LogP contribution in [0.15, 0.2) is 61.2 Å². The van der Waals surface area contributed by atoms with Crippen LogP contribution < -0.4 is 5.32 Å². The largest absolute Gasteiger partial charge is 0.344 e. The van der Waals surface area contributed by atoms with Gasteiger partial charge in [0.1, 0.15) is 17.5 Å². The summed E-state index contributed by atoms with van der Waals surface area (Å²) >= 11 is 0. The summed E-state index contributed by atoms with van der Waals surface area (Å²) in [6.45, 7) is 4.05. The van der Waals surface area contributed by atoms with Crippen LogP contribution in [0.25, 0.3) is 10.9 Å². The molecule has 6 nitrogen and oxygen atoms in total. The number of benzene rings is 1. The van der Waals surface area contributed by atoms with Crippen LogP contribution >= 0.6 is 0 Å². The molecule has 8 heteroatoms. The maximum atomic E-state index is 13.8. The van der Waals surface area contributed by atoms with Crippen LogP contribution in [-0.2, 0) is 11.2 Å². The monoisotopic (exact) mass is 434 g/mol. The zero-order valence-electron chi connectivity index (χ0n) is 17.5. The Morgan fingerprint density at radius 3 is 2.66 bits per heavy atom. The lowest BCUT2D eigenvalue weighted by molar-refractivity contribution is -0.115. The van der Waals surface area contributed by atoms with Crippen molar-refractivity contribution in [2.45, 2.75) is 26.3 Å². The van der Waals surface area contributed by atoms with E-state index in [-0.39, 0.29) is 29.6 Å². The standard InChI is InChI=1S/C24H20F2N4O2/c1-14(2)30-13-19(18-12-27-7-6-21(18)30)24(32)16-5-8-28-22(9-16)29-23(31)10-15-3-4-17(25)11-20(15)26/h3-9,11-14H,10H2,1-2H3,(H,28,29,31). The lowest BCUT2D eigenvalue weighted by atomic mass is 10.0. The van der Waals surface area contributed by atoms with Gasteiger partial charge in [0.15, 0.2) is 5.78 Å². The third kappa shape index (κ3) is 4.25. The van der Waals surface area contributed by atoms with Crippen molar-refractivity contribution < 1.29 is 18.4 Å². The molecule has 0 atom stereocenters. The average Bonchev–Trinajstić information content (AvgIpc) is 3.15. The molecule has 0 bridgehead atoms. The maximum absolute atomic E-state index is 13.8. The van der Waals surface area contributed by atoms with Gasteiger partial charge in [0.05, 0.1) is 11.9 Å². The van der Waals surface area contributed by atoms with Gasteiger partial charge >= 0.3 is 0 Å². The molecule has 0 saturated carbocycles. The predicted molar refractivity (Wildman–Crippen MR) is 116 cm³/mol. The smallest absolute Gasteiger partial charge is 0.230 e. The van der Waals surface area contributed by atoms with E-state index < -0.39 is 17.5 Å². The number of anilines is 1. The summed E-state index contributed by atoms with van der Waals surface area (Å²) in [5.41, 5.74) is 1.81. The molecule has 3 heterocycles. The Hall–Kier alpha value is -3.94. The predicted octanol–water partition coefficient (Wildman–Crippen LogP) is 4.70. The van der Waals surface area contributed by atoms with Crippen LogP contribution in [0.1, 0.15) is 41.4 Å². The van der Waals surface area contributed by atoms with E-state index in [1.807, 2.05) is 24.5 Å². The molecule has 0 saturated heterocycles. The van der Waals surface area contributed by atoms with Crippen LogP contribution in [0.4, 0.5) is 14.6 Å². The van der Waals surface area contributed by atoms with E-state index in [1.54, 1.807) is 24.7 Å². The van der Waals surface area contributed by atoms with Crippen molar-refractivity contribution in [3.63, 3.8) is 0 Å². The van der Waals surface area contributed by atoms with E-state index in [9.17, 15) is 18.4 Å². The Morgan fingerprint density at radius 2 is 1.91 bits per heavy atom. The van der Waals surface area contributed by atoms with Gasteiger partial charge in [-0.2, -0.15) is 0 Å². The number of ketones is 1. The Labute approximate surface area is 182 Å². The molecule has 0 aliphatic carbocycles. The number of fused-ring (bicyclic) bond motifs is 1. The summed E-state index contributed by atoms with van der Waals surface area (Å²) < 4.78 is 28.9. The summed E-state index contributed by atoms with van der Waals surface area (Å²) in [5.74, 6) is -2.12. The minimum Gasteiger partial charge on any atom is -0.344 e. The van der Waals surface area contributed by atoms with Crippen molar-refractivity contribution in [1.82, 2.24) is 14.5 Å². The first-order chi connectivity index (χ1) is 15.3. The van der Waals surface area contributed by atoms with Crippen LogP contribution in [0.3, 0.4) is 0 Å². The quantitative estimate of drug-likeness (QED) is 0.446. The van der Waals surface area contributed by atoms with Gasteiger partial charge in [0, 0.05) is 53.4 Å². The second kappa shape index (κ2) is 8.66. The third-order valence-electron chi connectivity index (χ3n) is 5.09. The fraction of sp³-hybridized carbons (Fsp3) is 0.167. The molecule has 4 aromatic rings. The molecule has 0 unspecified atom stereocenters. The second-order valence-corrected chi connectivity index (χ2v) is 7.66. The molecule has 3 aromatic heterocycles. The maximum Gasteiger partial charge on any atom is 0.230 e.